The lowest BCUT2D eigenvalue weighted by Gasteiger charge is -2.05. The zero-order chi connectivity index (χ0) is 12.4. The van der Waals surface area contributed by atoms with Crippen LogP contribution in [-0.2, 0) is 9.53 Å². The summed E-state index contributed by atoms with van der Waals surface area (Å²) in [6.45, 7) is 8.24. The zero-order valence-corrected chi connectivity index (χ0v) is 11.1. The van der Waals surface area contributed by atoms with Crippen molar-refractivity contribution in [2.45, 2.75) is 58.8 Å². The molecule has 0 aliphatic carbocycles. The second-order valence-corrected chi connectivity index (χ2v) is 4.80. The first kappa shape index (κ1) is 15.2. The molecule has 0 atom stereocenters. The second kappa shape index (κ2) is 9.44. The van der Waals surface area contributed by atoms with Gasteiger partial charge in [0.05, 0.1) is 7.11 Å². The molecular weight excluding hydrogens is 200 g/mol. The molecule has 0 radical (unpaired) electrons. The first-order valence-electron chi connectivity index (χ1n) is 6.34. The number of carbonyl (C=O) groups excluding carboxylic acids is 1. The lowest BCUT2D eigenvalue weighted by atomic mass is 10.0. The van der Waals surface area contributed by atoms with Gasteiger partial charge in [0.2, 0.25) is 0 Å². The topological polar surface area (TPSA) is 26.3 Å². The first-order chi connectivity index (χ1) is 7.57. The van der Waals surface area contributed by atoms with Crippen molar-refractivity contribution in [3.05, 3.63) is 12.2 Å². The number of methoxy groups -OCH3 is 1. The lowest BCUT2D eigenvalue weighted by Crippen LogP contribution is -2.03. The van der Waals surface area contributed by atoms with Gasteiger partial charge >= 0.3 is 5.97 Å². The van der Waals surface area contributed by atoms with Gasteiger partial charge in [-0.2, -0.15) is 0 Å². The van der Waals surface area contributed by atoms with Gasteiger partial charge in [-0.3, -0.25) is 0 Å². The quantitative estimate of drug-likeness (QED) is 0.336. The van der Waals surface area contributed by atoms with Gasteiger partial charge in [-0.05, 0) is 18.8 Å². The smallest absolute Gasteiger partial charge is 0.333 e. The van der Waals surface area contributed by atoms with Crippen molar-refractivity contribution in [2.24, 2.45) is 5.92 Å². The molecule has 0 unspecified atom stereocenters. The number of ether oxygens (including phenoxy) is 1. The Labute approximate surface area is 100 Å². The number of rotatable bonds is 9. The molecule has 0 aromatic carbocycles. The molecule has 0 aromatic rings. The molecule has 0 aliphatic rings. The molecular formula is C14H26O2. The Kier molecular flexibility index (Phi) is 8.97. The molecule has 0 aromatic heterocycles. The average Bonchev–Trinajstić information content (AvgIpc) is 2.25. The van der Waals surface area contributed by atoms with E-state index in [1.165, 1.54) is 39.2 Å². The minimum Gasteiger partial charge on any atom is -0.466 e. The minimum atomic E-state index is -0.264. The molecule has 0 N–H and O–H groups in total. The van der Waals surface area contributed by atoms with Crippen LogP contribution in [-0.4, -0.2) is 13.1 Å². The Morgan fingerprint density at radius 2 is 1.69 bits per heavy atom. The Bertz CT molecular complexity index is 207. The van der Waals surface area contributed by atoms with Crippen LogP contribution < -0.4 is 0 Å². The van der Waals surface area contributed by atoms with E-state index in [9.17, 15) is 4.79 Å². The van der Waals surface area contributed by atoms with Crippen LogP contribution >= 0.6 is 0 Å². The Morgan fingerprint density at radius 1 is 1.12 bits per heavy atom. The summed E-state index contributed by atoms with van der Waals surface area (Å²) in [5, 5.41) is 0. The molecule has 16 heavy (non-hydrogen) atoms. The lowest BCUT2D eigenvalue weighted by molar-refractivity contribution is -0.136. The summed E-state index contributed by atoms with van der Waals surface area (Å²) in [7, 11) is 1.40. The van der Waals surface area contributed by atoms with E-state index >= 15 is 0 Å². The fraction of sp³-hybridized carbons (Fsp3) is 0.786. The Balaban J connectivity index is 3.27. The molecule has 0 bridgehead atoms. The minimum absolute atomic E-state index is 0.264. The number of hydrogen-bond acceptors (Lipinski definition) is 2. The highest BCUT2D eigenvalue weighted by atomic mass is 16.5. The van der Waals surface area contributed by atoms with E-state index < -0.39 is 0 Å². The summed E-state index contributed by atoms with van der Waals surface area (Å²) in [5.41, 5.74) is 0.602. The van der Waals surface area contributed by atoms with E-state index in [2.05, 4.69) is 25.2 Å². The predicted molar refractivity (Wildman–Crippen MR) is 68.3 cm³/mol. The molecule has 0 saturated heterocycles. The van der Waals surface area contributed by atoms with Crippen LogP contribution in [0.25, 0.3) is 0 Å². The van der Waals surface area contributed by atoms with Gasteiger partial charge in [-0.1, -0.05) is 52.5 Å². The van der Waals surface area contributed by atoms with Crippen LogP contribution in [0, 0.1) is 5.92 Å². The highest BCUT2D eigenvalue weighted by Gasteiger charge is 2.05. The van der Waals surface area contributed by atoms with Gasteiger partial charge in [0.15, 0.2) is 0 Å². The summed E-state index contributed by atoms with van der Waals surface area (Å²) in [6.07, 6.45) is 8.25. The third kappa shape index (κ3) is 8.51. The van der Waals surface area contributed by atoms with Crippen molar-refractivity contribution in [2.75, 3.05) is 7.11 Å². The van der Waals surface area contributed by atoms with Gasteiger partial charge in [-0.25, -0.2) is 4.79 Å². The standard InChI is InChI=1S/C14H26O2/c1-12(2)10-8-6-5-7-9-11-13(3)14(15)16-4/h12H,3,5-11H2,1-2,4H3. The normalized spacial score (nSPS) is 10.5. The maximum Gasteiger partial charge on any atom is 0.333 e. The summed E-state index contributed by atoms with van der Waals surface area (Å²) in [6, 6.07) is 0. The third-order valence-corrected chi connectivity index (χ3v) is 2.73. The van der Waals surface area contributed by atoms with E-state index in [4.69, 9.17) is 0 Å². The van der Waals surface area contributed by atoms with Crippen molar-refractivity contribution in [1.82, 2.24) is 0 Å². The summed E-state index contributed by atoms with van der Waals surface area (Å²) in [5.74, 6) is 0.555. The Hall–Kier alpha value is -0.790. The highest BCUT2D eigenvalue weighted by Crippen LogP contribution is 2.13. The van der Waals surface area contributed by atoms with E-state index in [1.54, 1.807) is 0 Å². The molecule has 2 heteroatoms. The third-order valence-electron chi connectivity index (χ3n) is 2.73. The predicted octanol–water partition coefficient (Wildman–Crippen LogP) is 4.10. The largest absolute Gasteiger partial charge is 0.466 e. The van der Waals surface area contributed by atoms with E-state index in [1.807, 2.05) is 0 Å². The summed E-state index contributed by atoms with van der Waals surface area (Å²) in [4.78, 5) is 11.0. The van der Waals surface area contributed by atoms with E-state index in [0.29, 0.717) is 5.57 Å². The van der Waals surface area contributed by atoms with Crippen LogP contribution in [0.5, 0.6) is 0 Å². The molecule has 0 spiro atoms. The van der Waals surface area contributed by atoms with Crippen LogP contribution in [0.4, 0.5) is 0 Å². The zero-order valence-electron chi connectivity index (χ0n) is 11.1. The molecule has 0 fully saturated rings. The van der Waals surface area contributed by atoms with Crippen molar-refractivity contribution in [1.29, 1.82) is 0 Å². The highest BCUT2D eigenvalue weighted by molar-refractivity contribution is 5.87. The van der Waals surface area contributed by atoms with Crippen molar-refractivity contribution in [3.8, 4) is 0 Å². The van der Waals surface area contributed by atoms with Crippen LogP contribution in [0.3, 0.4) is 0 Å². The van der Waals surface area contributed by atoms with Gasteiger partial charge < -0.3 is 4.74 Å². The summed E-state index contributed by atoms with van der Waals surface area (Å²) >= 11 is 0. The maximum atomic E-state index is 11.0. The van der Waals surface area contributed by atoms with Gasteiger partial charge in [-0.15, -0.1) is 0 Å². The van der Waals surface area contributed by atoms with Crippen LogP contribution in [0.2, 0.25) is 0 Å². The molecule has 0 heterocycles. The fourth-order valence-electron chi connectivity index (χ4n) is 1.67. The average molecular weight is 226 g/mol. The number of esters is 1. The molecule has 0 aliphatic heterocycles. The van der Waals surface area contributed by atoms with Crippen molar-refractivity contribution in [3.63, 3.8) is 0 Å². The molecule has 2 nitrogen and oxygen atoms in total. The maximum absolute atomic E-state index is 11.0. The van der Waals surface area contributed by atoms with Crippen LogP contribution in [0.1, 0.15) is 58.8 Å². The van der Waals surface area contributed by atoms with E-state index in [0.717, 1.165) is 18.8 Å². The number of carbonyl (C=O) groups is 1. The first-order valence-corrected chi connectivity index (χ1v) is 6.34. The number of hydrogen-bond donors (Lipinski definition) is 0. The Morgan fingerprint density at radius 3 is 2.25 bits per heavy atom. The SMILES string of the molecule is C=C(CCCCCCCC(C)C)C(=O)OC. The van der Waals surface area contributed by atoms with Crippen molar-refractivity contribution < 1.29 is 9.53 Å². The monoisotopic (exact) mass is 226 g/mol. The molecule has 0 rings (SSSR count). The molecule has 0 saturated carbocycles. The molecule has 0 amide bonds. The van der Waals surface area contributed by atoms with Crippen LogP contribution in [0.15, 0.2) is 12.2 Å². The van der Waals surface area contributed by atoms with Gasteiger partial charge in [0.25, 0.3) is 0 Å². The second-order valence-electron chi connectivity index (χ2n) is 4.80. The van der Waals surface area contributed by atoms with Gasteiger partial charge in [0.1, 0.15) is 0 Å². The summed E-state index contributed by atoms with van der Waals surface area (Å²) < 4.78 is 4.60. The van der Waals surface area contributed by atoms with Crippen molar-refractivity contribution >= 4 is 5.97 Å². The molecule has 94 valence electrons. The fourth-order valence-corrected chi connectivity index (χ4v) is 1.67. The van der Waals surface area contributed by atoms with E-state index in [-0.39, 0.29) is 5.97 Å². The van der Waals surface area contributed by atoms with Gasteiger partial charge in [0, 0.05) is 5.57 Å². The number of unbranched alkanes of at least 4 members (excludes halogenated alkanes) is 4.